The Morgan fingerprint density at radius 3 is 3.05 bits per heavy atom. The molecule has 1 aliphatic rings. The predicted octanol–water partition coefficient (Wildman–Crippen LogP) is 3.79. The molecule has 100 valence electrons. The number of hydrogen-bond acceptors (Lipinski definition) is 5. The number of hydrogen-bond donors (Lipinski definition) is 1. The molecule has 0 saturated carbocycles. The van der Waals surface area contributed by atoms with Crippen molar-refractivity contribution >= 4 is 34.9 Å². The van der Waals surface area contributed by atoms with E-state index in [2.05, 4.69) is 29.6 Å². The van der Waals surface area contributed by atoms with Crippen molar-refractivity contribution in [3.63, 3.8) is 0 Å². The Kier molecular flexibility index (Phi) is 4.48. The van der Waals surface area contributed by atoms with Crippen LogP contribution < -0.4 is 5.73 Å². The summed E-state index contributed by atoms with van der Waals surface area (Å²) in [5, 5.41) is 4.02. The highest BCUT2D eigenvalue weighted by Crippen LogP contribution is 2.39. The van der Waals surface area contributed by atoms with E-state index in [1.54, 1.807) is 11.3 Å². The van der Waals surface area contributed by atoms with E-state index in [1.165, 1.54) is 27.8 Å². The Morgan fingerprint density at radius 2 is 2.26 bits per heavy atom. The molecule has 2 N–H and O–H groups in total. The number of rotatable bonds is 3. The maximum Gasteiger partial charge on any atom is 0.107 e. The molecule has 19 heavy (non-hydrogen) atoms. The molecule has 0 amide bonds. The molecule has 2 nitrogen and oxygen atoms in total. The first kappa shape index (κ1) is 13.5. The van der Waals surface area contributed by atoms with Gasteiger partial charge in [0.25, 0.3) is 0 Å². The smallest absolute Gasteiger partial charge is 0.107 e. The fourth-order valence-electron chi connectivity index (χ4n) is 2.06. The van der Waals surface area contributed by atoms with Gasteiger partial charge in [-0.3, -0.25) is 0 Å². The van der Waals surface area contributed by atoms with Gasteiger partial charge in [0.05, 0.1) is 10.9 Å². The molecule has 0 aliphatic carbocycles. The highest BCUT2D eigenvalue weighted by atomic mass is 32.2. The lowest BCUT2D eigenvalue weighted by atomic mass is 10.1. The van der Waals surface area contributed by atoms with E-state index >= 15 is 0 Å². The number of thiazole rings is 1. The van der Waals surface area contributed by atoms with Crippen LogP contribution in [0.3, 0.4) is 0 Å². The monoisotopic (exact) mass is 308 g/mol. The Balaban J connectivity index is 1.83. The SMILES string of the molecule is NCc1cccc(-c2csc(C3CSCCS3)n2)c1. The number of aromatic nitrogens is 1. The van der Waals surface area contributed by atoms with Gasteiger partial charge in [-0.25, -0.2) is 4.98 Å². The van der Waals surface area contributed by atoms with Crippen molar-refractivity contribution in [3.8, 4) is 11.3 Å². The first-order chi connectivity index (χ1) is 9.36. The maximum absolute atomic E-state index is 5.70. The lowest BCUT2D eigenvalue weighted by Gasteiger charge is -2.18. The van der Waals surface area contributed by atoms with Gasteiger partial charge in [0.1, 0.15) is 5.01 Å². The van der Waals surface area contributed by atoms with E-state index in [-0.39, 0.29) is 0 Å². The molecule has 0 bridgehead atoms. The summed E-state index contributed by atoms with van der Waals surface area (Å²) in [5.41, 5.74) is 9.13. The molecule has 1 fully saturated rings. The lowest BCUT2D eigenvalue weighted by Crippen LogP contribution is -2.06. The van der Waals surface area contributed by atoms with Gasteiger partial charge in [0, 0.05) is 34.7 Å². The zero-order chi connectivity index (χ0) is 13.1. The van der Waals surface area contributed by atoms with Crippen molar-refractivity contribution in [2.24, 2.45) is 5.73 Å². The Labute approximate surface area is 126 Å². The zero-order valence-electron chi connectivity index (χ0n) is 10.5. The number of benzene rings is 1. The van der Waals surface area contributed by atoms with E-state index in [0.717, 1.165) is 11.3 Å². The molecule has 1 aliphatic heterocycles. The zero-order valence-corrected chi connectivity index (χ0v) is 13.0. The van der Waals surface area contributed by atoms with Crippen molar-refractivity contribution in [2.75, 3.05) is 17.3 Å². The third-order valence-corrected chi connectivity index (χ3v) is 6.94. The molecule has 2 aromatic rings. The minimum Gasteiger partial charge on any atom is -0.326 e. The Morgan fingerprint density at radius 1 is 1.32 bits per heavy atom. The molecule has 2 heterocycles. The molecule has 1 atom stereocenters. The van der Waals surface area contributed by atoms with Gasteiger partial charge in [-0.2, -0.15) is 11.8 Å². The average molecular weight is 308 g/mol. The summed E-state index contributed by atoms with van der Waals surface area (Å²) in [7, 11) is 0. The first-order valence-corrected chi connectivity index (χ1v) is 9.39. The summed E-state index contributed by atoms with van der Waals surface area (Å²) < 4.78 is 0. The Bertz CT molecular complexity index is 547. The van der Waals surface area contributed by atoms with Crippen LogP contribution in [0.4, 0.5) is 0 Å². The summed E-state index contributed by atoms with van der Waals surface area (Å²) in [6.45, 7) is 0.583. The number of nitrogens with two attached hydrogens (primary N) is 1. The van der Waals surface area contributed by atoms with Crippen LogP contribution in [0.15, 0.2) is 29.6 Å². The van der Waals surface area contributed by atoms with Gasteiger partial charge in [0.15, 0.2) is 0 Å². The highest BCUT2D eigenvalue weighted by molar-refractivity contribution is 8.06. The minimum absolute atomic E-state index is 0.579. The molecule has 1 aromatic heterocycles. The molecule has 1 unspecified atom stereocenters. The number of nitrogens with zero attached hydrogens (tertiary/aromatic N) is 1. The highest BCUT2D eigenvalue weighted by Gasteiger charge is 2.19. The normalized spacial score (nSPS) is 19.5. The topological polar surface area (TPSA) is 38.9 Å². The van der Waals surface area contributed by atoms with Crippen molar-refractivity contribution in [2.45, 2.75) is 11.8 Å². The molecule has 0 radical (unpaired) electrons. The maximum atomic E-state index is 5.70. The van der Waals surface area contributed by atoms with Crippen molar-refractivity contribution in [1.29, 1.82) is 0 Å². The second-order valence-electron chi connectivity index (χ2n) is 4.41. The summed E-state index contributed by atoms with van der Waals surface area (Å²) in [6, 6.07) is 8.37. The van der Waals surface area contributed by atoms with E-state index in [0.29, 0.717) is 11.8 Å². The van der Waals surface area contributed by atoms with Crippen LogP contribution in [0.25, 0.3) is 11.3 Å². The minimum atomic E-state index is 0.579. The molecule has 3 rings (SSSR count). The fourth-order valence-corrected chi connectivity index (χ4v) is 5.89. The standard InChI is InChI=1S/C14H16N2S3/c15-7-10-2-1-3-11(6-10)12-8-19-14(16-12)13-9-17-4-5-18-13/h1-3,6,8,13H,4-5,7,9,15H2. The summed E-state index contributed by atoms with van der Waals surface area (Å²) in [4.78, 5) is 4.82. The molecule has 1 aromatic carbocycles. The summed E-state index contributed by atoms with van der Waals surface area (Å²) in [5.74, 6) is 3.71. The molecular weight excluding hydrogens is 292 g/mol. The Hall–Kier alpha value is -0.490. The van der Waals surface area contributed by atoms with Gasteiger partial charge in [0.2, 0.25) is 0 Å². The van der Waals surface area contributed by atoms with Crippen LogP contribution >= 0.6 is 34.9 Å². The summed E-state index contributed by atoms with van der Waals surface area (Å²) in [6.07, 6.45) is 0. The largest absolute Gasteiger partial charge is 0.326 e. The average Bonchev–Trinajstić information content (AvgIpc) is 2.98. The van der Waals surface area contributed by atoms with Gasteiger partial charge in [-0.1, -0.05) is 18.2 Å². The second kappa shape index (κ2) is 6.31. The summed E-state index contributed by atoms with van der Waals surface area (Å²) >= 11 is 5.87. The first-order valence-electron chi connectivity index (χ1n) is 6.31. The van der Waals surface area contributed by atoms with E-state index < -0.39 is 0 Å². The quantitative estimate of drug-likeness (QED) is 0.936. The predicted molar refractivity (Wildman–Crippen MR) is 88.0 cm³/mol. The van der Waals surface area contributed by atoms with Crippen molar-refractivity contribution < 1.29 is 0 Å². The van der Waals surface area contributed by atoms with Crippen LogP contribution in [-0.4, -0.2) is 22.2 Å². The van der Waals surface area contributed by atoms with Gasteiger partial charge >= 0.3 is 0 Å². The third kappa shape index (κ3) is 3.16. The van der Waals surface area contributed by atoms with Crippen LogP contribution in [0.2, 0.25) is 0 Å². The van der Waals surface area contributed by atoms with E-state index in [9.17, 15) is 0 Å². The fraction of sp³-hybridized carbons (Fsp3) is 0.357. The molecule has 5 heteroatoms. The molecule has 0 spiro atoms. The van der Waals surface area contributed by atoms with Crippen LogP contribution in [0.1, 0.15) is 15.8 Å². The van der Waals surface area contributed by atoms with Crippen LogP contribution in [0, 0.1) is 0 Å². The molecule has 1 saturated heterocycles. The van der Waals surface area contributed by atoms with E-state index in [1.807, 2.05) is 23.5 Å². The van der Waals surface area contributed by atoms with Crippen molar-refractivity contribution in [1.82, 2.24) is 4.98 Å². The van der Waals surface area contributed by atoms with Gasteiger partial charge < -0.3 is 5.73 Å². The lowest BCUT2D eigenvalue weighted by molar-refractivity contribution is 1.06. The molecular formula is C14H16N2S3. The van der Waals surface area contributed by atoms with Crippen LogP contribution in [-0.2, 0) is 6.54 Å². The second-order valence-corrected chi connectivity index (χ2v) is 7.76. The van der Waals surface area contributed by atoms with Gasteiger partial charge in [-0.05, 0) is 11.6 Å². The number of thioether (sulfide) groups is 2. The van der Waals surface area contributed by atoms with Gasteiger partial charge in [-0.15, -0.1) is 23.1 Å². The van der Waals surface area contributed by atoms with E-state index in [4.69, 9.17) is 10.7 Å². The third-order valence-electron chi connectivity index (χ3n) is 3.07. The van der Waals surface area contributed by atoms with Crippen molar-refractivity contribution in [3.05, 3.63) is 40.2 Å². The van der Waals surface area contributed by atoms with Crippen LogP contribution in [0.5, 0.6) is 0 Å².